The molecule has 0 N–H and O–H groups in total. The summed E-state index contributed by atoms with van der Waals surface area (Å²) in [6, 6.07) is 5.66. The number of ketones is 3. The summed E-state index contributed by atoms with van der Waals surface area (Å²) in [6.07, 6.45) is 2.17. The molecule has 0 spiro atoms. The molecule has 0 aliphatic rings. The summed E-state index contributed by atoms with van der Waals surface area (Å²) in [5.74, 6) is 1.88. The monoisotopic (exact) mass is 384 g/mol. The van der Waals surface area contributed by atoms with Gasteiger partial charge in [-0.3, -0.25) is 14.4 Å². The summed E-state index contributed by atoms with van der Waals surface area (Å²) in [6.45, 7) is 0. The van der Waals surface area contributed by atoms with Crippen LogP contribution in [0.25, 0.3) is 0 Å². The van der Waals surface area contributed by atoms with Gasteiger partial charge >= 0.3 is 0 Å². The number of hydrogen-bond acceptors (Lipinski definition) is 6. The second kappa shape index (κ2) is 11.8. The lowest BCUT2D eigenvalue weighted by Gasteiger charge is -2.09. The van der Waals surface area contributed by atoms with Crippen molar-refractivity contribution >= 4 is 55.2 Å². The molecule has 0 aliphatic heterocycles. The number of carbonyl (C=O) groups is 3. The van der Waals surface area contributed by atoms with Gasteiger partial charge in [-0.1, -0.05) is 18.2 Å². The quantitative estimate of drug-likeness (QED) is 0.486. The third-order valence-corrected chi connectivity index (χ3v) is 4.16. The molecule has 3 nitrogen and oxygen atoms in total. The van der Waals surface area contributed by atoms with Gasteiger partial charge in [0, 0.05) is 38.5 Å². The fraction of sp³-hybridized carbons (Fsp3) is 0.500. The van der Waals surface area contributed by atoms with Crippen molar-refractivity contribution in [1.82, 2.24) is 0 Å². The van der Waals surface area contributed by atoms with E-state index in [1.54, 1.807) is 0 Å². The van der Waals surface area contributed by atoms with E-state index in [0.29, 0.717) is 55.8 Å². The van der Waals surface area contributed by atoms with Gasteiger partial charge in [0.1, 0.15) is 17.3 Å². The molecular formula is C18H24O3S3. The Balaban J connectivity index is 2.97. The van der Waals surface area contributed by atoms with Crippen LogP contribution >= 0.6 is 37.9 Å². The van der Waals surface area contributed by atoms with E-state index >= 15 is 0 Å². The second-order valence-corrected chi connectivity index (χ2v) is 7.07. The van der Waals surface area contributed by atoms with Crippen molar-refractivity contribution in [3.8, 4) is 0 Å². The minimum atomic E-state index is 0.108. The molecule has 0 fully saturated rings. The predicted octanol–water partition coefficient (Wildman–Crippen LogP) is 2.98. The van der Waals surface area contributed by atoms with Gasteiger partial charge in [-0.2, -0.15) is 37.9 Å². The third-order valence-electron chi connectivity index (χ3n) is 3.49. The van der Waals surface area contributed by atoms with E-state index in [-0.39, 0.29) is 17.3 Å². The molecule has 0 saturated heterocycles. The van der Waals surface area contributed by atoms with Crippen molar-refractivity contribution in [3.63, 3.8) is 0 Å². The summed E-state index contributed by atoms with van der Waals surface area (Å²) in [7, 11) is 0. The zero-order valence-electron chi connectivity index (χ0n) is 13.7. The topological polar surface area (TPSA) is 51.2 Å². The smallest absolute Gasteiger partial charge is 0.138 e. The Kier molecular flexibility index (Phi) is 10.5. The normalized spacial score (nSPS) is 10.6. The molecule has 1 aromatic rings. The van der Waals surface area contributed by atoms with Crippen LogP contribution in [0.2, 0.25) is 0 Å². The average Bonchev–Trinajstić information content (AvgIpc) is 2.47. The van der Waals surface area contributed by atoms with Gasteiger partial charge in [0.25, 0.3) is 0 Å². The highest BCUT2D eigenvalue weighted by atomic mass is 32.1. The molecule has 0 atom stereocenters. The highest BCUT2D eigenvalue weighted by molar-refractivity contribution is 7.80. The van der Waals surface area contributed by atoms with E-state index < -0.39 is 0 Å². The van der Waals surface area contributed by atoms with Crippen molar-refractivity contribution in [3.05, 3.63) is 34.9 Å². The van der Waals surface area contributed by atoms with Crippen molar-refractivity contribution in [2.45, 2.75) is 38.5 Å². The highest BCUT2D eigenvalue weighted by Gasteiger charge is 2.11. The Bertz CT molecular complexity index is 492. The first-order valence-corrected chi connectivity index (χ1v) is 9.87. The molecule has 132 valence electrons. The first-order chi connectivity index (χ1) is 11.5. The summed E-state index contributed by atoms with van der Waals surface area (Å²) >= 11 is 12.2. The molecule has 0 radical (unpaired) electrons. The van der Waals surface area contributed by atoms with E-state index in [1.165, 1.54) is 0 Å². The number of benzene rings is 1. The molecular weight excluding hydrogens is 360 g/mol. The van der Waals surface area contributed by atoms with E-state index in [0.717, 1.165) is 16.7 Å². The van der Waals surface area contributed by atoms with Crippen molar-refractivity contribution in [2.75, 3.05) is 17.3 Å². The molecule has 24 heavy (non-hydrogen) atoms. The predicted molar refractivity (Wildman–Crippen MR) is 108 cm³/mol. The molecule has 0 amide bonds. The lowest BCUT2D eigenvalue weighted by Crippen LogP contribution is -2.09. The Morgan fingerprint density at radius 3 is 1.04 bits per heavy atom. The summed E-state index contributed by atoms with van der Waals surface area (Å²) in [5, 5.41) is 0. The van der Waals surface area contributed by atoms with Gasteiger partial charge in [0.15, 0.2) is 0 Å². The largest absolute Gasteiger partial charge is 0.299 e. The number of carbonyl (C=O) groups excluding carboxylic acids is 3. The van der Waals surface area contributed by atoms with E-state index in [9.17, 15) is 14.4 Å². The third kappa shape index (κ3) is 8.40. The molecule has 1 rings (SSSR count). The lowest BCUT2D eigenvalue weighted by atomic mass is 9.95. The van der Waals surface area contributed by atoms with Crippen LogP contribution in [0.15, 0.2) is 18.2 Å². The lowest BCUT2D eigenvalue weighted by molar-refractivity contribution is -0.118. The molecule has 6 heteroatoms. The van der Waals surface area contributed by atoms with E-state index in [2.05, 4.69) is 37.9 Å². The highest BCUT2D eigenvalue weighted by Crippen LogP contribution is 2.15. The summed E-state index contributed by atoms with van der Waals surface area (Å²) < 4.78 is 0. The zero-order chi connectivity index (χ0) is 17.9. The Morgan fingerprint density at radius 2 is 0.833 bits per heavy atom. The van der Waals surface area contributed by atoms with Crippen LogP contribution in [0.4, 0.5) is 0 Å². The van der Waals surface area contributed by atoms with Crippen LogP contribution in [0.5, 0.6) is 0 Å². The standard InChI is InChI=1S/C18H24O3S3/c19-16(1-4-22)10-13-7-14(11-17(20)2-5-23)9-15(8-13)12-18(21)3-6-24/h7-9,22-24H,1-6,10-12H2. The van der Waals surface area contributed by atoms with Gasteiger partial charge in [0.2, 0.25) is 0 Å². The van der Waals surface area contributed by atoms with Crippen LogP contribution in [-0.2, 0) is 33.6 Å². The van der Waals surface area contributed by atoms with Gasteiger partial charge in [0.05, 0.1) is 0 Å². The SMILES string of the molecule is O=C(CCS)Cc1cc(CC(=O)CCS)cc(CC(=O)CCS)c1. The number of thiol groups is 3. The number of rotatable bonds is 12. The molecule has 0 unspecified atom stereocenters. The average molecular weight is 385 g/mol. The van der Waals surface area contributed by atoms with Crippen molar-refractivity contribution in [2.24, 2.45) is 0 Å². The molecule has 0 aliphatic carbocycles. The van der Waals surface area contributed by atoms with E-state index in [1.807, 2.05) is 18.2 Å². The number of hydrogen-bond donors (Lipinski definition) is 3. The summed E-state index contributed by atoms with van der Waals surface area (Å²) in [5.41, 5.74) is 2.56. The van der Waals surface area contributed by atoms with Crippen LogP contribution in [0.3, 0.4) is 0 Å². The maximum atomic E-state index is 11.9. The zero-order valence-corrected chi connectivity index (χ0v) is 16.3. The molecule has 0 saturated carbocycles. The minimum absolute atomic E-state index is 0.108. The molecule has 1 aromatic carbocycles. The minimum Gasteiger partial charge on any atom is -0.299 e. The van der Waals surface area contributed by atoms with Gasteiger partial charge in [-0.25, -0.2) is 0 Å². The van der Waals surface area contributed by atoms with Crippen LogP contribution in [0.1, 0.15) is 36.0 Å². The first-order valence-electron chi connectivity index (χ1n) is 7.98. The first kappa shape index (κ1) is 21.3. The second-order valence-electron chi connectivity index (χ2n) is 5.72. The van der Waals surface area contributed by atoms with Crippen molar-refractivity contribution < 1.29 is 14.4 Å². The Hall–Kier alpha value is -0.720. The number of Topliss-reactive ketones (excluding diaryl/α,β-unsaturated/α-hetero) is 3. The van der Waals surface area contributed by atoms with Crippen LogP contribution in [-0.4, -0.2) is 34.6 Å². The van der Waals surface area contributed by atoms with Gasteiger partial charge in [-0.05, 0) is 33.9 Å². The van der Waals surface area contributed by atoms with Gasteiger partial charge in [-0.15, -0.1) is 0 Å². The summed E-state index contributed by atoms with van der Waals surface area (Å²) in [4.78, 5) is 35.6. The maximum Gasteiger partial charge on any atom is 0.138 e. The van der Waals surface area contributed by atoms with E-state index in [4.69, 9.17) is 0 Å². The van der Waals surface area contributed by atoms with Gasteiger partial charge < -0.3 is 0 Å². The fourth-order valence-corrected chi connectivity index (χ4v) is 3.22. The van der Waals surface area contributed by atoms with Crippen LogP contribution < -0.4 is 0 Å². The molecule has 0 bridgehead atoms. The molecule has 0 heterocycles. The van der Waals surface area contributed by atoms with Crippen LogP contribution in [0, 0.1) is 0 Å². The van der Waals surface area contributed by atoms with Crippen molar-refractivity contribution in [1.29, 1.82) is 0 Å². The fourth-order valence-electron chi connectivity index (χ4n) is 2.47. The maximum absolute atomic E-state index is 11.9. The Morgan fingerprint density at radius 1 is 0.583 bits per heavy atom. The molecule has 0 aromatic heterocycles. The Labute approximate surface area is 160 Å².